The number of H-pyrrole nitrogens is 1. The van der Waals surface area contributed by atoms with Crippen LogP contribution in [0.3, 0.4) is 0 Å². The van der Waals surface area contributed by atoms with E-state index in [0.717, 1.165) is 35.9 Å². The van der Waals surface area contributed by atoms with Crippen molar-refractivity contribution in [2.75, 3.05) is 0 Å². The molecule has 1 aromatic heterocycles. The average Bonchev–Trinajstić information content (AvgIpc) is 2.60. The number of aryl methyl sites for hydroxylation is 1. The zero-order valence-electron chi connectivity index (χ0n) is 9.80. The largest absolute Gasteiger partial charge is 0.357 e. The van der Waals surface area contributed by atoms with Gasteiger partial charge in [0.1, 0.15) is 0 Å². The molecule has 0 saturated heterocycles. The second-order valence-corrected chi connectivity index (χ2v) is 5.44. The minimum atomic E-state index is 0. The van der Waals surface area contributed by atoms with Crippen molar-refractivity contribution in [2.24, 2.45) is 5.73 Å². The third-order valence-corrected chi connectivity index (χ3v) is 4.36. The van der Waals surface area contributed by atoms with Gasteiger partial charge in [-0.1, -0.05) is 29.6 Å². The Morgan fingerprint density at radius 3 is 2.78 bits per heavy atom. The van der Waals surface area contributed by atoms with Gasteiger partial charge in [-0.2, -0.15) is 0 Å². The van der Waals surface area contributed by atoms with Gasteiger partial charge in [0.05, 0.1) is 10.0 Å². The van der Waals surface area contributed by atoms with Crippen molar-refractivity contribution < 1.29 is 0 Å². The quantitative estimate of drug-likeness (QED) is 0.685. The molecule has 5 heteroatoms. The molecule has 1 aliphatic carbocycles. The van der Waals surface area contributed by atoms with Crippen molar-refractivity contribution in [1.82, 2.24) is 4.98 Å². The molecular formula is C13H15Cl3N2. The van der Waals surface area contributed by atoms with Crippen LogP contribution in [0.1, 0.15) is 36.6 Å². The summed E-state index contributed by atoms with van der Waals surface area (Å²) in [5, 5.41) is 2.32. The van der Waals surface area contributed by atoms with Crippen molar-refractivity contribution in [3.05, 3.63) is 33.4 Å². The van der Waals surface area contributed by atoms with E-state index in [1.807, 2.05) is 12.1 Å². The first-order valence-corrected chi connectivity index (χ1v) is 6.68. The van der Waals surface area contributed by atoms with Crippen LogP contribution in [-0.2, 0) is 6.42 Å². The maximum atomic E-state index is 6.31. The van der Waals surface area contributed by atoms with E-state index in [1.165, 1.54) is 12.0 Å². The van der Waals surface area contributed by atoms with Gasteiger partial charge in [-0.3, -0.25) is 0 Å². The number of aromatic nitrogens is 1. The molecule has 0 amide bonds. The minimum Gasteiger partial charge on any atom is -0.357 e. The third kappa shape index (κ3) is 2.12. The van der Waals surface area contributed by atoms with Crippen molar-refractivity contribution in [3.63, 3.8) is 0 Å². The summed E-state index contributed by atoms with van der Waals surface area (Å²) in [6, 6.07) is 3.90. The Morgan fingerprint density at radius 2 is 2.00 bits per heavy atom. The normalized spacial score (nSPS) is 19.2. The Kier molecular flexibility index (Phi) is 4.12. The fraction of sp³-hybridized carbons (Fsp3) is 0.385. The smallest absolute Gasteiger partial charge is 0.0688 e. The van der Waals surface area contributed by atoms with E-state index in [2.05, 4.69) is 4.98 Å². The minimum absolute atomic E-state index is 0. The summed E-state index contributed by atoms with van der Waals surface area (Å²) in [6.45, 7) is 0. The van der Waals surface area contributed by atoms with Crippen LogP contribution in [0, 0.1) is 0 Å². The fourth-order valence-electron chi connectivity index (χ4n) is 2.69. The first kappa shape index (κ1) is 14.0. The molecule has 0 radical (unpaired) electrons. The molecule has 0 aliphatic heterocycles. The van der Waals surface area contributed by atoms with Crippen LogP contribution in [0.4, 0.5) is 0 Å². The van der Waals surface area contributed by atoms with Gasteiger partial charge in [0.15, 0.2) is 0 Å². The second-order valence-electron chi connectivity index (χ2n) is 4.65. The van der Waals surface area contributed by atoms with E-state index in [-0.39, 0.29) is 18.4 Å². The lowest BCUT2D eigenvalue weighted by molar-refractivity contribution is 0.606. The summed E-state index contributed by atoms with van der Waals surface area (Å²) in [6.07, 6.45) is 4.40. The molecule has 1 aromatic carbocycles. The summed E-state index contributed by atoms with van der Waals surface area (Å²) in [7, 11) is 0. The zero-order valence-corrected chi connectivity index (χ0v) is 12.1. The molecule has 0 saturated carbocycles. The van der Waals surface area contributed by atoms with E-state index in [4.69, 9.17) is 28.9 Å². The van der Waals surface area contributed by atoms with Crippen molar-refractivity contribution in [3.8, 4) is 0 Å². The van der Waals surface area contributed by atoms with Crippen LogP contribution >= 0.6 is 35.6 Å². The van der Waals surface area contributed by atoms with E-state index >= 15 is 0 Å². The third-order valence-electron chi connectivity index (χ3n) is 3.55. The van der Waals surface area contributed by atoms with Crippen LogP contribution in [0.2, 0.25) is 10.0 Å². The number of nitrogens with two attached hydrogens (primary N) is 1. The van der Waals surface area contributed by atoms with Gasteiger partial charge in [0, 0.05) is 22.6 Å². The van der Waals surface area contributed by atoms with E-state index in [0.29, 0.717) is 10.0 Å². The Bertz CT molecular complexity index is 577. The number of halogens is 3. The molecule has 3 rings (SSSR count). The fourth-order valence-corrected chi connectivity index (χ4v) is 3.13. The number of hydrogen-bond donors (Lipinski definition) is 2. The molecule has 98 valence electrons. The van der Waals surface area contributed by atoms with Gasteiger partial charge in [-0.05, 0) is 37.0 Å². The molecular weight excluding hydrogens is 291 g/mol. The summed E-state index contributed by atoms with van der Waals surface area (Å²) >= 11 is 12.4. The predicted molar refractivity (Wildman–Crippen MR) is 80.1 cm³/mol. The molecule has 0 spiro atoms. The van der Waals surface area contributed by atoms with Gasteiger partial charge in [0.25, 0.3) is 0 Å². The number of benzene rings is 1. The number of rotatable bonds is 0. The standard InChI is InChI=1S/C13H14Cl2N2.ClH/c14-8-5-6-10-11(12(8)15)7-3-1-2-4-9(16)13(7)17-10;/h5-6,9,17H,1-4,16H2;1H. The van der Waals surface area contributed by atoms with Gasteiger partial charge in [-0.15, -0.1) is 12.4 Å². The highest BCUT2D eigenvalue weighted by Crippen LogP contribution is 2.38. The lowest BCUT2D eigenvalue weighted by Crippen LogP contribution is -2.10. The Labute approximate surface area is 122 Å². The first-order valence-electron chi connectivity index (χ1n) is 5.92. The molecule has 2 aromatic rings. The summed E-state index contributed by atoms with van der Waals surface area (Å²) in [4.78, 5) is 3.41. The SMILES string of the molecule is Cl.NC1CCCCc2c1[nH]c1ccc(Cl)c(Cl)c21. The van der Waals surface area contributed by atoms with Crippen LogP contribution in [0.15, 0.2) is 12.1 Å². The van der Waals surface area contributed by atoms with Crippen molar-refractivity contribution in [1.29, 1.82) is 0 Å². The topological polar surface area (TPSA) is 41.8 Å². The highest BCUT2D eigenvalue weighted by molar-refractivity contribution is 6.45. The molecule has 1 unspecified atom stereocenters. The van der Waals surface area contributed by atoms with Gasteiger partial charge >= 0.3 is 0 Å². The van der Waals surface area contributed by atoms with E-state index in [1.54, 1.807) is 0 Å². The first-order chi connectivity index (χ1) is 8.18. The Balaban J connectivity index is 0.00000120. The second kappa shape index (κ2) is 5.30. The van der Waals surface area contributed by atoms with Crippen LogP contribution in [0.5, 0.6) is 0 Å². The molecule has 2 nitrogen and oxygen atoms in total. The maximum absolute atomic E-state index is 6.31. The van der Waals surface area contributed by atoms with E-state index < -0.39 is 0 Å². The van der Waals surface area contributed by atoms with Crippen molar-refractivity contribution in [2.45, 2.75) is 31.7 Å². The Morgan fingerprint density at radius 1 is 1.22 bits per heavy atom. The number of fused-ring (bicyclic) bond motifs is 3. The van der Waals surface area contributed by atoms with Gasteiger partial charge < -0.3 is 10.7 Å². The van der Waals surface area contributed by atoms with Gasteiger partial charge in [0.2, 0.25) is 0 Å². The highest BCUT2D eigenvalue weighted by atomic mass is 35.5. The highest BCUT2D eigenvalue weighted by Gasteiger charge is 2.21. The lowest BCUT2D eigenvalue weighted by atomic mass is 10.1. The maximum Gasteiger partial charge on any atom is 0.0688 e. The number of aromatic amines is 1. The monoisotopic (exact) mass is 304 g/mol. The molecule has 1 atom stereocenters. The molecule has 1 heterocycles. The van der Waals surface area contributed by atoms with Crippen LogP contribution in [0.25, 0.3) is 10.9 Å². The number of nitrogens with one attached hydrogen (secondary N) is 1. The molecule has 3 N–H and O–H groups in total. The average molecular weight is 306 g/mol. The van der Waals surface area contributed by atoms with E-state index in [9.17, 15) is 0 Å². The van der Waals surface area contributed by atoms with Gasteiger partial charge in [-0.25, -0.2) is 0 Å². The van der Waals surface area contributed by atoms with Crippen molar-refractivity contribution >= 4 is 46.5 Å². The number of hydrogen-bond acceptors (Lipinski definition) is 1. The molecule has 0 bridgehead atoms. The summed E-state index contributed by atoms with van der Waals surface area (Å²) < 4.78 is 0. The predicted octanol–water partition coefficient (Wildman–Crippen LogP) is 4.62. The molecule has 18 heavy (non-hydrogen) atoms. The molecule has 0 fully saturated rings. The van der Waals surface area contributed by atoms with Crippen LogP contribution < -0.4 is 5.73 Å². The zero-order chi connectivity index (χ0) is 12.0. The molecule has 1 aliphatic rings. The summed E-state index contributed by atoms with van der Waals surface area (Å²) in [5.41, 5.74) is 9.64. The Hall–Kier alpha value is -0.410. The lowest BCUT2D eigenvalue weighted by Gasteiger charge is -2.07. The van der Waals surface area contributed by atoms with Crippen LogP contribution in [-0.4, -0.2) is 4.98 Å². The summed E-state index contributed by atoms with van der Waals surface area (Å²) in [5.74, 6) is 0.